The molecule has 1 aromatic carbocycles. The van der Waals surface area contributed by atoms with Crippen molar-refractivity contribution in [2.24, 2.45) is 4.99 Å². The van der Waals surface area contributed by atoms with Crippen LogP contribution in [0.3, 0.4) is 0 Å². The summed E-state index contributed by atoms with van der Waals surface area (Å²) in [6.45, 7) is 9.20. The lowest BCUT2D eigenvalue weighted by Gasteiger charge is -2.32. The van der Waals surface area contributed by atoms with Gasteiger partial charge in [0, 0.05) is 39.3 Å². The fraction of sp³-hybridized carbons (Fsp3) is 0.650. The third-order valence-electron chi connectivity index (χ3n) is 4.77. The molecule has 1 aliphatic rings. The van der Waals surface area contributed by atoms with Crippen LogP contribution < -0.4 is 10.6 Å². The maximum Gasteiger partial charge on any atom is 0.191 e. The van der Waals surface area contributed by atoms with Gasteiger partial charge in [-0.15, -0.1) is 0 Å². The molecule has 1 atom stereocenters. The van der Waals surface area contributed by atoms with Crippen molar-refractivity contribution in [3.05, 3.63) is 35.4 Å². The van der Waals surface area contributed by atoms with Crippen LogP contribution in [0.25, 0.3) is 0 Å². The monoisotopic (exact) mass is 362 g/mol. The molecule has 2 rings (SSSR count). The van der Waals surface area contributed by atoms with Crippen LogP contribution in [0.15, 0.2) is 29.3 Å². The highest BCUT2D eigenvalue weighted by atomic mass is 16.5. The molecule has 6 heteroatoms. The summed E-state index contributed by atoms with van der Waals surface area (Å²) in [6, 6.07) is 8.38. The van der Waals surface area contributed by atoms with Crippen molar-refractivity contribution in [1.29, 1.82) is 0 Å². The topological polar surface area (TPSA) is 69.1 Å². The first-order valence-corrected chi connectivity index (χ1v) is 9.63. The summed E-state index contributed by atoms with van der Waals surface area (Å²) in [5.74, 6) is 0.786. The largest absolute Gasteiger partial charge is 0.386 e. The number of aliphatic imine (C=N–C) groups is 1. The second kappa shape index (κ2) is 11.2. The van der Waals surface area contributed by atoms with Gasteiger partial charge in [-0.2, -0.15) is 0 Å². The molecule has 146 valence electrons. The molecule has 0 aromatic heterocycles. The Labute approximate surface area is 157 Å². The maximum absolute atomic E-state index is 10.4. The minimum absolute atomic E-state index is 0.352. The van der Waals surface area contributed by atoms with Gasteiger partial charge in [0.05, 0.1) is 19.3 Å². The van der Waals surface area contributed by atoms with Gasteiger partial charge in [0.2, 0.25) is 0 Å². The first kappa shape index (κ1) is 20.7. The minimum Gasteiger partial charge on any atom is -0.386 e. The van der Waals surface area contributed by atoms with Gasteiger partial charge in [0.1, 0.15) is 0 Å². The molecule has 0 spiro atoms. The Bertz CT molecular complexity index is 539. The zero-order valence-electron chi connectivity index (χ0n) is 16.4. The van der Waals surface area contributed by atoms with E-state index < -0.39 is 6.10 Å². The number of ether oxygens (including phenoxy) is 1. The first-order valence-electron chi connectivity index (χ1n) is 9.63. The van der Waals surface area contributed by atoms with E-state index in [1.54, 1.807) is 7.11 Å². The fourth-order valence-electron chi connectivity index (χ4n) is 3.11. The van der Waals surface area contributed by atoms with Crippen LogP contribution in [-0.4, -0.2) is 68.4 Å². The van der Waals surface area contributed by atoms with Gasteiger partial charge in [-0.3, -0.25) is 4.99 Å². The molecule has 0 saturated carbocycles. The van der Waals surface area contributed by atoms with E-state index in [1.807, 2.05) is 31.2 Å². The predicted octanol–water partition coefficient (Wildman–Crippen LogP) is 1.69. The lowest BCUT2D eigenvalue weighted by atomic mass is 10.1. The van der Waals surface area contributed by atoms with E-state index >= 15 is 0 Å². The van der Waals surface area contributed by atoms with Gasteiger partial charge in [-0.1, -0.05) is 29.8 Å². The number of aryl methyl sites for hydroxylation is 1. The Balaban J connectivity index is 1.83. The number of nitrogens with zero attached hydrogens (tertiary/aromatic N) is 2. The number of guanidine groups is 1. The van der Waals surface area contributed by atoms with Crippen LogP contribution in [0.5, 0.6) is 0 Å². The zero-order valence-corrected chi connectivity index (χ0v) is 16.4. The van der Waals surface area contributed by atoms with Crippen LogP contribution in [0.4, 0.5) is 0 Å². The predicted molar refractivity (Wildman–Crippen MR) is 107 cm³/mol. The van der Waals surface area contributed by atoms with Gasteiger partial charge in [-0.25, -0.2) is 0 Å². The number of likely N-dealkylation sites (tertiary alicyclic amines) is 1. The highest BCUT2D eigenvalue weighted by Crippen LogP contribution is 2.14. The van der Waals surface area contributed by atoms with E-state index in [4.69, 9.17) is 4.74 Å². The number of nitrogens with one attached hydrogen (secondary N) is 2. The number of piperidine rings is 1. The zero-order chi connectivity index (χ0) is 18.8. The van der Waals surface area contributed by atoms with Crippen molar-refractivity contribution >= 4 is 5.96 Å². The molecule has 0 amide bonds. The molecule has 1 aromatic rings. The van der Waals surface area contributed by atoms with Gasteiger partial charge in [0.25, 0.3) is 0 Å². The number of rotatable bonds is 8. The number of aliphatic hydroxyl groups is 1. The highest BCUT2D eigenvalue weighted by Gasteiger charge is 2.19. The molecule has 0 bridgehead atoms. The lowest BCUT2D eigenvalue weighted by molar-refractivity contribution is 0.128. The SMILES string of the molecule is CCNC(=NCC(O)c1ccc(C)cc1)NC1CCN(CCOC)CC1. The summed E-state index contributed by atoms with van der Waals surface area (Å²) in [7, 11) is 1.75. The number of hydrogen-bond acceptors (Lipinski definition) is 4. The molecule has 1 unspecified atom stereocenters. The number of benzene rings is 1. The minimum atomic E-state index is -0.582. The smallest absolute Gasteiger partial charge is 0.191 e. The summed E-state index contributed by atoms with van der Waals surface area (Å²) in [4.78, 5) is 7.02. The molecular formula is C20H34N4O2. The molecule has 0 aliphatic carbocycles. The molecule has 1 saturated heterocycles. The third kappa shape index (κ3) is 6.94. The fourth-order valence-corrected chi connectivity index (χ4v) is 3.11. The molecule has 3 N–H and O–H groups in total. The van der Waals surface area contributed by atoms with Crippen LogP contribution in [-0.2, 0) is 4.74 Å². The van der Waals surface area contributed by atoms with Gasteiger partial charge >= 0.3 is 0 Å². The molecule has 26 heavy (non-hydrogen) atoms. The van der Waals surface area contributed by atoms with Crippen molar-refractivity contribution < 1.29 is 9.84 Å². The second-order valence-corrected chi connectivity index (χ2v) is 6.90. The average molecular weight is 363 g/mol. The van der Waals surface area contributed by atoms with Crippen LogP contribution in [0, 0.1) is 6.92 Å². The van der Waals surface area contributed by atoms with Gasteiger partial charge in [-0.05, 0) is 32.3 Å². The van der Waals surface area contributed by atoms with Crippen molar-refractivity contribution in [1.82, 2.24) is 15.5 Å². The van der Waals surface area contributed by atoms with Gasteiger partial charge < -0.3 is 25.4 Å². The summed E-state index contributed by atoms with van der Waals surface area (Å²) < 4.78 is 5.16. The van der Waals surface area contributed by atoms with Crippen LogP contribution >= 0.6 is 0 Å². The van der Waals surface area contributed by atoms with Crippen molar-refractivity contribution in [3.63, 3.8) is 0 Å². The van der Waals surface area contributed by atoms with Crippen LogP contribution in [0.2, 0.25) is 0 Å². The number of methoxy groups -OCH3 is 1. The molecule has 0 radical (unpaired) electrons. The van der Waals surface area contributed by atoms with E-state index in [2.05, 4.69) is 27.4 Å². The summed E-state index contributed by atoms with van der Waals surface area (Å²) >= 11 is 0. The number of aliphatic hydroxyl groups excluding tert-OH is 1. The standard InChI is InChI=1S/C20H34N4O2/c1-4-21-20(22-15-19(25)17-7-5-16(2)6-8-17)23-18-9-11-24(12-10-18)13-14-26-3/h5-8,18-19,25H,4,9-15H2,1-3H3,(H2,21,22,23). The quantitative estimate of drug-likeness (QED) is 0.485. The Hall–Kier alpha value is -1.63. The molecular weight excluding hydrogens is 328 g/mol. The Morgan fingerprint density at radius 1 is 1.31 bits per heavy atom. The molecule has 6 nitrogen and oxygen atoms in total. The Morgan fingerprint density at radius 2 is 2.00 bits per heavy atom. The van der Waals surface area contributed by atoms with Crippen molar-refractivity contribution in [2.75, 3.05) is 46.4 Å². The normalized spacial score (nSPS) is 17.9. The van der Waals surface area contributed by atoms with E-state index in [1.165, 1.54) is 5.56 Å². The number of hydrogen-bond donors (Lipinski definition) is 3. The molecule has 1 fully saturated rings. The van der Waals surface area contributed by atoms with E-state index in [0.717, 1.165) is 57.2 Å². The first-order chi connectivity index (χ1) is 12.6. The summed E-state index contributed by atoms with van der Waals surface area (Å²) in [5, 5.41) is 17.2. The van der Waals surface area contributed by atoms with Crippen LogP contribution in [0.1, 0.15) is 37.0 Å². The van der Waals surface area contributed by atoms with E-state index in [-0.39, 0.29) is 0 Å². The molecule has 1 heterocycles. The Morgan fingerprint density at radius 3 is 2.62 bits per heavy atom. The summed E-state index contributed by atoms with van der Waals surface area (Å²) in [6.07, 6.45) is 1.60. The second-order valence-electron chi connectivity index (χ2n) is 6.90. The lowest BCUT2D eigenvalue weighted by Crippen LogP contribution is -2.49. The Kier molecular flexibility index (Phi) is 8.88. The molecule has 1 aliphatic heterocycles. The van der Waals surface area contributed by atoms with Gasteiger partial charge in [0.15, 0.2) is 5.96 Å². The van der Waals surface area contributed by atoms with Crippen molar-refractivity contribution in [3.8, 4) is 0 Å². The van der Waals surface area contributed by atoms with E-state index in [0.29, 0.717) is 12.6 Å². The summed E-state index contributed by atoms with van der Waals surface area (Å²) in [5.41, 5.74) is 2.10. The highest BCUT2D eigenvalue weighted by molar-refractivity contribution is 5.80. The third-order valence-corrected chi connectivity index (χ3v) is 4.77. The van der Waals surface area contributed by atoms with E-state index in [9.17, 15) is 5.11 Å². The van der Waals surface area contributed by atoms with Crippen molar-refractivity contribution in [2.45, 2.75) is 38.8 Å². The maximum atomic E-state index is 10.4. The average Bonchev–Trinajstić information content (AvgIpc) is 2.66.